The number of hydrogen-bond donors (Lipinski definition) is 1. The fraction of sp³-hybridized carbons (Fsp3) is 0.300. The zero-order chi connectivity index (χ0) is 19.3. The first-order chi connectivity index (χ1) is 13.6. The van der Waals surface area contributed by atoms with Crippen LogP contribution in [0.3, 0.4) is 0 Å². The van der Waals surface area contributed by atoms with Crippen LogP contribution in [0.15, 0.2) is 48.3 Å². The lowest BCUT2D eigenvalue weighted by Crippen LogP contribution is -2.44. The lowest BCUT2D eigenvalue weighted by Gasteiger charge is -2.39. The third kappa shape index (κ3) is 3.05. The van der Waals surface area contributed by atoms with Crippen LogP contribution >= 0.6 is 8.58 Å². The maximum atomic E-state index is 14.4. The number of nitrogens with one attached hydrogen (secondary N) is 1. The van der Waals surface area contributed by atoms with E-state index in [-0.39, 0.29) is 17.5 Å². The summed E-state index contributed by atoms with van der Waals surface area (Å²) in [6.07, 6.45) is 11.3. The van der Waals surface area contributed by atoms with Gasteiger partial charge in [-0.15, -0.1) is 0 Å². The maximum Gasteiger partial charge on any atom is 0.253 e. The Morgan fingerprint density at radius 3 is 2.93 bits per heavy atom. The number of allylic oxidation sites excluding steroid dienone is 2. The molecule has 2 aromatic rings. The van der Waals surface area contributed by atoms with Crippen LogP contribution in [0.1, 0.15) is 11.3 Å². The standard InChI is InChI=1S/C20H21FN5OP/c1-13-10-25-11-15(8-16(21)20(25)23-13)14-2-3-18-26(12-14)17(27)9-19(28-18)24-6-4-22-5-7-24/h2-3,8-12,18,22,28H,4-7H2,1H3. The predicted molar refractivity (Wildman–Crippen MR) is 108 cm³/mol. The van der Waals surface area contributed by atoms with Crippen LogP contribution in [-0.2, 0) is 4.79 Å². The maximum absolute atomic E-state index is 14.4. The molecule has 1 fully saturated rings. The molecular weight excluding hydrogens is 376 g/mol. The molecule has 6 nitrogen and oxygen atoms in total. The lowest BCUT2D eigenvalue weighted by atomic mass is 10.1. The Morgan fingerprint density at radius 2 is 2.11 bits per heavy atom. The van der Waals surface area contributed by atoms with Gasteiger partial charge in [-0.05, 0) is 27.1 Å². The fourth-order valence-corrected chi connectivity index (χ4v) is 5.31. The second-order valence-corrected chi connectivity index (χ2v) is 8.63. The van der Waals surface area contributed by atoms with Crippen molar-refractivity contribution in [3.63, 3.8) is 0 Å². The molecule has 28 heavy (non-hydrogen) atoms. The molecule has 144 valence electrons. The van der Waals surface area contributed by atoms with Crippen molar-refractivity contribution in [2.75, 3.05) is 26.2 Å². The summed E-state index contributed by atoms with van der Waals surface area (Å²) < 4.78 is 16.1. The van der Waals surface area contributed by atoms with E-state index in [1.165, 1.54) is 6.07 Å². The van der Waals surface area contributed by atoms with Gasteiger partial charge in [-0.2, -0.15) is 0 Å². The number of fused-ring (bicyclic) bond motifs is 2. The van der Waals surface area contributed by atoms with Crippen molar-refractivity contribution in [3.05, 3.63) is 65.4 Å². The summed E-state index contributed by atoms with van der Waals surface area (Å²) in [6, 6.07) is 1.48. The zero-order valence-electron chi connectivity index (χ0n) is 15.5. The van der Waals surface area contributed by atoms with E-state index in [4.69, 9.17) is 0 Å². The minimum Gasteiger partial charge on any atom is -0.369 e. The third-order valence-electron chi connectivity index (χ3n) is 5.26. The first-order valence-corrected chi connectivity index (χ1v) is 10.5. The number of carbonyl (C=O) groups excluding carboxylic acids is 1. The number of amides is 1. The van der Waals surface area contributed by atoms with E-state index in [9.17, 15) is 9.18 Å². The molecule has 0 aliphatic carbocycles. The zero-order valence-corrected chi connectivity index (χ0v) is 16.5. The predicted octanol–water partition coefficient (Wildman–Crippen LogP) is 2.29. The molecule has 5 rings (SSSR count). The minimum atomic E-state index is -0.366. The number of piperazine rings is 1. The average Bonchev–Trinajstić information content (AvgIpc) is 3.09. The molecule has 2 aromatic heterocycles. The highest BCUT2D eigenvalue weighted by atomic mass is 31.1. The highest BCUT2D eigenvalue weighted by Gasteiger charge is 2.30. The van der Waals surface area contributed by atoms with E-state index in [2.05, 4.69) is 21.3 Å². The quantitative estimate of drug-likeness (QED) is 0.791. The number of aryl methyl sites for hydroxylation is 1. The van der Waals surface area contributed by atoms with Gasteiger partial charge >= 0.3 is 0 Å². The molecular formula is C20H21FN5OP. The summed E-state index contributed by atoms with van der Waals surface area (Å²) in [5, 5.41) is 3.34. The van der Waals surface area contributed by atoms with E-state index >= 15 is 0 Å². The first kappa shape index (κ1) is 17.6. The van der Waals surface area contributed by atoms with E-state index in [1.54, 1.807) is 21.6 Å². The summed E-state index contributed by atoms with van der Waals surface area (Å²) in [7, 11) is 0.516. The van der Waals surface area contributed by atoms with Gasteiger partial charge in [0.15, 0.2) is 11.5 Å². The average molecular weight is 397 g/mol. The van der Waals surface area contributed by atoms with Crippen LogP contribution in [0.4, 0.5) is 4.39 Å². The molecule has 2 atom stereocenters. The Balaban J connectivity index is 1.45. The molecule has 1 amide bonds. The number of imidazole rings is 1. The van der Waals surface area contributed by atoms with Crippen LogP contribution < -0.4 is 5.32 Å². The molecule has 0 aromatic carbocycles. The Morgan fingerprint density at radius 1 is 1.29 bits per heavy atom. The molecule has 3 aliphatic heterocycles. The van der Waals surface area contributed by atoms with Gasteiger partial charge in [0.2, 0.25) is 0 Å². The van der Waals surface area contributed by atoms with Crippen molar-refractivity contribution in [2.45, 2.75) is 12.7 Å². The molecule has 1 N–H and O–H groups in total. The van der Waals surface area contributed by atoms with Crippen molar-refractivity contribution in [1.29, 1.82) is 0 Å². The topological polar surface area (TPSA) is 52.9 Å². The van der Waals surface area contributed by atoms with Crippen LogP contribution in [0, 0.1) is 12.7 Å². The summed E-state index contributed by atoms with van der Waals surface area (Å²) in [6.45, 7) is 5.62. The van der Waals surface area contributed by atoms with Gasteiger partial charge in [0.25, 0.3) is 5.91 Å². The van der Waals surface area contributed by atoms with Crippen LogP contribution in [0.5, 0.6) is 0 Å². The van der Waals surface area contributed by atoms with E-state index in [1.807, 2.05) is 25.4 Å². The van der Waals surface area contributed by atoms with Gasteiger partial charge in [0, 0.05) is 61.9 Å². The number of carbonyl (C=O) groups is 1. The Bertz CT molecular complexity index is 1050. The normalized spacial score (nSPS) is 23.2. The Hall–Kier alpha value is -2.50. The van der Waals surface area contributed by atoms with Crippen molar-refractivity contribution in [2.24, 2.45) is 0 Å². The fourth-order valence-electron chi connectivity index (χ4n) is 3.86. The summed E-state index contributed by atoms with van der Waals surface area (Å²) in [5.74, 6) is -0.343. The molecule has 0 spiro atoms. The molecule has 3 aliphatic rings. The monoisotopic (exact) mass is 397 g/mol. The SMILES string of the molecule is Cc1cn2cc(C3=CN4C(=O)C=C(N5CCNCC5)PC4C=C3)cc(F)c2n1. The number of nitrogens with zero attached hydrogens (tertiary/aromatic N) is 4. The van der Waals surface area contributed by atoms with Crippen molar-refractivity contribution in [1.82, 2.24) is 24.5 Å². The van der Waals surface area contributed by atoms with E-state index < -0.39 is 0 Å². The smallest absolute Gasteiger partial charge is 0.253 e. The highest BCUT2D eigenvalue weighted by Crippen LogP contribution is 2.41. The van der Waals surface area contributed by atoms with Crippen LogP contribution in [0.25, 0.3) is 11.2 Å². The third-order valence-corrected chi connectivity index (χ3v) is 6.79. The number of rotatable bonds is 2. The largest absolute Gasteiger partial charge is 0.369 e. The van der Waals surface area contributed by atoms with Crippen LogP contribution in [0.2, 0.25) is 0 Å². The molecule has 0 bridgehead atoms. The van der Waals surface area contributed by atoms with Crippen LogP contribution in [-0.4, -0.2) is 57.1 Å². The van der Waals surface area contributed by atoms with Gasteiger partial charge in [-0.1, -0.05) is 12.2 Å². The van der Waals surface area contributed by atoms with Gasteiger partial charge in [-0.25, -0.2) is 9.37 Å². The van der Waals surface area contributed by atoms with Gasteiger partial charge < -0.3 is 19.5 Å². The second kappa shape index (κ2) is 6.83. The van der Waals surface area contributed by atoms with Gasteiger partial charge in [0.1, 0.15) is 0 Å². The Labute approximate surface area is 164 Å². The van der Waals surface area contributed by atoms with E-state index in [0.717, 1.165) is 48.4 Å². The summed E-state index contributed by atoms with van der Waals surface area (Å²) in [4.78, 5) is 21.1. The molecule has 1 saturated heterocycles. The second-order valence-electron chi connectivity index (χ2n) is 7.23. The van der Waals surface area contributed by atoms with Crippen molar-refractivity contribution >= 4 is 25.7 Å². The number of pyridine rings is 1. The molecule has 8 heteroatoms. The van der Waals surface area contributed by atoms with E-state index in [0.29, 0.717) is 14.2 Å². The molecule has 0 saturated carbocycles. The van der Waals surface area contributed by atoms with Crippen molar-refractivity contribution < 1.29 is 9.18 Å². The molecule has 2 unspecified atom stereocenters. The molecule has 5 heterocycles. The Kier molecular flexibility index (Phi) is 4.29. The lowest BCUT2D eigenvalue weighted by molar-refractivity contribution is -0.124. The number of halogens is 1. The van der Waals surface area contributed by atoms with Gasteiger partial charge in [0.05, 0.1) is 11.5 Å². The first-order valence-electron chi connectivity index (χ1n) is 9.40. The summed E-state index contributed by atoms with van der Waals surface area (Å²) in [5.41, 5.74) is 3.77. The van der Waals surface area contributed by atoms with Gasteiger partial charge in [-0.3, -0.25) is 4.79 Å². The summed E-state index contributed by atoms with van der Waals surface area (Å²) >= 11 is 0. The minimum absolute atomic E-state index is 0.0147. The number of aromatic nitrogens is 2. The molecule has 0 radical (unpaired) electrons. The number of hydrogen-bond acceptors (Lipinski definition) is 4. The highest BCUT2D eigenvalue weighted by molar-refractivity contribution is 7.44. The van der Waals surface area contributed by atoms with Crippen molar-refractivity contribution in [3.8, 4) is 0 Å².